The van der Waals surface area contributed by atoms with Crippen molar-refractivity contribution in [2.75, 3.05) is 50.8 Å². The molecular weight excluding hydrogens is 444 g/mol. The van der Waals surface area contributed by atoms with Crippen molar-refractivity contribution in [3.05, 3.63) is 29.3 Å². The second-order valence-corrected chi connectivity index (χ2v) is 11.0. The number of fused-ring (bicyclic) bond motifs is 1. The molecule has 3 fully saturated rings. The van der Waals surface area contributed by atoms with E-state index in [-0.39, 0.29) is 30.3 Å². The molecule has 4 atom stereocenters. The number of primary amides is 1. The zero-order chi connectivity index (χ0) is 25.5. The minimum Gasteiger partial charge on any atom is -0.369 e. The van der Waals surface area contributed by atoms with Crippen LogP contribution >= 0.6 is 0 Å². The van der Waals surface area contributed by atoms with Gasteiger partial charge in [0, 0.05) is 49.9 Å². The van der Waals surface area contributed by atoms with Crippen LogP contribution in [0.1, 0.15) is 62.9 Å². The number of anilines is 1. The Kier molecular flexibility index (Phi) is 7.25. The van der Waals surface area contributed by atoms with Crippen LogP contribution in [-0.4, -0.2) is 85.4 Å². The molecule has 3 aliphatic rings. The average molecular weight is 485 g/mol. The SMILES string of the molecule is CCN1CCN(c2ccc(C(N)=O)c([C@@H](C(=O)N3C[C@H](C)[C@H]4OCC(=O)[C@H]43)C(C)(C)CC)c2)CC1. The number of rotatable bonds is 7. The van der Waals surface area contributed by atoms with Crippen molar-refractivity contribution >= 4 is 23.3 Å². The lowest BCUT2D eigenvalue weighted by Crippen LogP contribution is -2.47. The van der Waals surface area contributed by atoms with E-state index in [2.05, 4.69) is 37.5 Å². The van der Waals surface area contributed by atoms with E-state index in [1.807, 2.05) is 19.1 Å². The molecule has 0 saturated carbocycles. The lowest BCUT2D eigenvalue weighted by molar-refractivity contribution is -0.140. The number of hydrogen-bond acceptors (Lipinski definition) is 6. The summed E-state index contributed by atoms with van der Waals surface area (Å²) in [6.07, 6.45) is 0.469. The first-order valence-electron chi connectivity index (χ1n) is 12.9. The lowest BCUT2D eigenvalue weighted by atomic mass is 9.71. The van der Waals surface area contributed by atoms with Crippen molar-refractivity contribution in [3.63, 3.8) is 0 Å². The van der Waals surface area contributed by atoms with Crippen LogP contribution in [0, 0.1) is 11.3 Å². The Morgan fingerprint density at radius 3 is 2.46 bits per heavy atom. The zero-order valence-corrected chi connectivity index (χ0v) is 21.8. The van der Waals surface area contributed by atoms with Crippen LogP contribution in [0.4, 0.5) is 5.69 Å². The van der Waals surface area contributed by atoms with E-state index in [1.165, 1.54) is 0 Å². The van der Waals surface area contributed by atoms with E-state index in [0.29, 0.717) is 17.7 Å². The number of carbonyl (C=O) groups excluding carboxylic acids is 3. The van der Waals surface area contributed by atoms with E-state index in [9.17, 15) is 14.4 Å². The van der Waals surface area contributed by atoms with Gasteiger partial charge in [-0.3, -0.25) is 14.4 Å². The Labute approximate surface area is 208 Å². The fourth-order valence-corrected chi connectivity index (χ4v) is 5.91. The number of piperazine rings is 1. The molecule has 0 unspecified atom stereocenters. The predicted molar refractivity (Wildman–Crippen MR) is 136 cm³/mol. The van der Waals surface area contributed by atoms with Crippen molar-refractivity contribution in [2.45, 2.75) is 59.1 Å². The maximum atomic E-state index is 14.3. The van der Waals surface area contributed by atoms with E-state index < -0.39 is 23.3 Å². The predicted octanol–water partition coefficient (Wildman–Crippen LogP) is 2.26. The Bertz CT molecular complexity index is 985. The van der Waals surface area contributed by atoms with Gasteiger partial charge in [-0.15, -0.1) is 0 Å². The van der Waals surface area contributed by atoms with Crippen LogP contribution in [0.2, 0.25) is 0 Å². The van der Waals surface area contributed by atoms with Crippen LogP contribution in [0.15, 0.2) is 18.2 Å². The summed E-state index contributed by atoms with van der Waals surface area (Å²) in [6.45, 7) is 15.6. The molecular formula is C27H40N4O4. The number of hydrogen-bond donors (Lipinski definition) is 1. The summed E-state index contributed by atoms with van der Waals surface area (Å²) in [4.78, 5) is 45.9. The number of nitrogens with two attached hydrogens (primary N) is 1. The van der Waals surface area contributed by atoms with E-state index in [1.54, 1.807) is 11.0 Å². The van der Waals surface area contributed by atoms with E-state index in [4.69, 9.17) is 10.5 Å². The van der Waals surface area contributed by atoms with Crippen LogP contribution in [0.3, 0.4) is 0 Å². The Balaban J connectivity index is 1.75. The van der Waals surface area contributed by atoms with Crippen molar-refractivity contribution in [1.82, 2.24) is 9.80 Å². The highest BCUT2D eigenvalue weighted by atomic mass is 16.5. The molecule has 0 spiro atoms. The number of carbonyl (C=O) groups is 3. The molecule has 0 radical (unpaired) electrons. The molecule has 8 nitrogen and oxygen atoms in total. The highest BCUT2D eigenvalue weighted by Crippen LogP contribution is 2.44. The molecule has 192 valence electrons. The third-order valence-electron chi connectivity index (χ3n) is 8.46. The first-order valence-corrected chi connectivity index (χ1v) is 12.9. The largest absolute Gasteiger partial charge is 0.369 e. The third kappa shape index (κ3) is 4.70. The van der Waals surface area contributed by atoms with Crippen LogP contribution < -0.4 is 10.6 Å². The monoisotopic (exact) mass is 484 g/mol. The molecule has 0 bridgehead atoms. The summed E-state index contributed by atoms with van der Waals surface area (Å²) >= 11 is 0. The maximum absolute atomic E-state index is 14.3. The summed E-state index contributed by atoms with van der Waals surface area (Å²) in [5.74, 6) is -1.23. The molecule has 3 saturated heterocycles. The Morgan fingerprint density at radius 1 is 1.17 bits per heavy atom. The zero-order valence-electron chi connectivity index (χ0n) is 21.8. The molecule has 4 rings (SSSR count). The minimum atomic E-state index is -0.605. The third-order valence-corrected chi connectivity index (χ3v) is 8.46. The number of ketones is 1. The number of benzene rings is 1. The summed E-state index contributed by atoms with van der Waals surface area (Å²) in [6, 6.07) is 5.15. The van der Waals surface area contributed by atoms with Gasteiger partial charge in [0.2, 0.25) is 11.8 Å². The molecule has 2 N–H and O–H groups in total. The molecule has 2 amide bonds. The van der Waals surface area contributed by atoms with Crippen LogP contribution in [0.5, 0.6) is 0 Å². The van der Waals surface area contributed by atoms with Crippen molar-refractivity contribution in [3.8, 4) is 0 Å². The topological polar surface area (TPSA) is 96.2 Å². The Hall–Kier alpha value is -2.45. The van der Waals surface area contributed by atoms with Gasteiger partial charge < -0.3 is 25.2 Å². The molecule has 1 aromatic carbocycles. The second kappa shape index (κ2) is 9.90. The van der Waals surface area contributed by atoms with Gasteiger partial charge in [0.25, 0.3) is 0 Å². The second-order valence-electron chi connectivity index (χ2n) is 11.0. The number of nitrogens with zero attached hydrogens (tertiary/aromatic N) is 3. The fraction of sp³-hybridized carbons (Fsp3) is 0.667. The maximum Gasteiger partial charge on any atom is 0.249 e. The fourth-order valence-electron chi connectivity index (χ4n) is 5.91. The van der Waals surface area contributed by atoms with Gasteiger partial charge in [-0.25, -0.2) is 0 Å². The van der Waals surface area contributed by atoms with Crippen LogP contribution in [-0.2, 0) is 14.3 Å². The van der Waals surface area contributed by atoms with Gasteiger partial charge >= 0.3 is 0 Å². The Morgan fingerprint density at radius 2 is 1.86 bits per heavy atom. The molecule has 8 heteroatoms. The molecule has 35 heavy (non-hydrogen) atoms. The minimum absolute atomic E-state index is 0.0431. The normalized spacial score (nSPS) is 26.2. The van der Waals surface area contributed by atoms with Crippen LogP contribution in [0.25, 0.3) is 0 Å². The summed E-state index contributed by atoms with van der Waals surface area (Å²) in [5.41, 5.74) is 7.40. The molecule has 3 aliphatic heterocycles. The standard InChI is InChI=1S/C27H40N4O4/c1-6-27(4,5)22(26(34)31-15-17(3)24-23(31)21(32)16-35-24)20-14-18(8-9-19(20)25(28)33)30-12-10-29(7-2)11-13-30/h8-9,14,17,22-24H,6-7,10-13,15-16H2,1-5H3,(H2,28,33)/t17-,22-,23+,24+/m0/s1. The first kappa shape index (κ1) is 25.6. The highest BCUT2D eigenvalue weighted by molar-refractivity contribution is 5.99. The quantitative estimate of drug-likeness (QED) is 0.638. The van der Waals surface area contributed by atoms with E-state index >= 15 is 0 Å². The van der Waals surface area contributed by atoms with Gasteiger partial charge in [0.1, 0.15) is 12.6 Å². The van der Waals surface area contributed by atoms with Crippen molar-refractivity contribution < 1.29 is 19.1 Å². The van der Waals surface area contributed by atoms with Gasteiger partial charge in [-0.1, -0.05) is 34.6 Å². The lowest BCUT2D eigenvalue weighted by Gasteiger charge is -2.39. The van der Waals surface area contributed by atoms with Crippen molar-refractivity contribution in [2.24, 2.45) is 17.1 Å². The van der Waals surface area contributed by atoms with Gasteiger partial charge in [0.15, 0.2) is 5.78 Å². The smallest absolute Gasteiger partial charge is 0.249 e. The highest BCUT2D eigenvalue weighted by Gasteiger charge is 2.53. The molecule has 3 heterocycles. The number of amides is 2. The molecule has 1 aromatic rings. The molecule has 0 aromatic heterocycles. The number of ether oxygens (including phenoxy) is 1. The van der Waals surface area contributed by atoms with Gasteiger partial charge in [-0.05, 0) is 42.1 Å². The number of likely N-dealkylation sites (tertiary alicyclic amines) is 1. The van der Waals surface area contributed by atoms with Gasteiger partial charge in [0.05, 0.1) is 12.0 Å². The number of likely N-dealkylation sites (N-methyl/N-ethyl adjacent to an activating group) is 1. The summed E-state index contributed by atoms with van der Waals surface area (Å²) in [5, 5.41) is 0. The van der Waals surface area contributed by atoms with Crippen molar-refractivity contribution in [1.29, 1.82) is 0 Å². The first-order chi connectivity index (χ1) is 16.6. The molecule has 0 aliphatic carbocycles. The number of Topliss-reactive ketones (excluding diaryl/α,β-unsaturated/α-hetero) is 1. The summed E-state index contributed by atoms with van der Waals surface area (Å²) < 4.78 is 5.73. The average Bonchev–Trinajstić information content (AvgIpc) is 3.39. The summed E-state index contributed by atoms with van der Waals surface area (Å²) in [7, 11) is 0. The van der Waals surface area contributed by atoms with Gasteiger partial charge in [-0.2, -0.15) is 0 Å². The van der Waals surface area contributed by atoms with E-state index in [0.717, 1.165) is 44.8 Å².